The Balaban J connectivity index is 1.70. The molecule has 2 N–H and O–H groups in total. The van der Waals surface area contributed by atoms with Gasteiger partial charge in [-0.05, 0) is 29.3 Å². The normalized spacial score (nSPS) is 10.8. The molecule has 0 aliphatic rings. The summed E-state index contributed by atoms with van der Waals surface area (Å²) in [5.74, 6) is 0.900. The smallest absolute Gasteiger partial charge is 0.151 e. The number of hydrogen-bond acceptors (Lipinski definition) is 6. The van der Waals surface area contributed by atoms with Crippen molar-refractivity contribution in [1.82, 2.24) is 9.97 Å². The summed E-state index contributed by atoms with van der Waals surface area (Å²) in [4.78, 5) is 20.4. The van der Waals surface area contributed by atoms with Crippen LogP contribution >= 0.6 is 11.3 Å². The Labute approximate surface area is 154 Å². The number of aromatic nitrogens is 2. The van der Waals surface area contributed by atoms with Gasteiger partial charge in [0.1, 0.15) is 18.4 Å². The van der Waals surface area contributed by atoms with Gasteiger partial charge in [0.05, 0.1) is 10.2 Å². The number of benzene rings is 2. The predicted molar refractivity (Wildman–Crippen MR) is 104 cm³/mol. The number of phenolic OH excluding ortho intramolecular Hbond substituents is 1. The molecule has 2 aromatic carbocycles. The molecule has 0 spiro atoms. The number of fused-ring (bicyclic) bond motifs is 1. The summed E-state index contributed by atoms with van der Waals surface area (Å²) in [5.41, 5.74) is 3.69. The van der Waals surface area contributed by atoms with Crippen LogP contribution in [-0.2, 0) is 11.2 Å². The molecular weight excluding hydrogens is 346 g/mol. The van der Waals surface area contributed by atoms with Gasteiger partial charge >= 0.3 is 0 Å². The lowest BCUT2D eigenvalue weighted by Gasteiger charge is -2.06. The van der Waals surface area contributed by atoms with E-state index in [-0.39, 0.29) is 5.75 Å². The lowest BCUT2D eigenvalue weighted by atomic mass is 10.1. The van der Waals surface area contributed by atoms with Crippen molar-refractivity contribution in [3.63, 3.8) is 0 Å². The molecule has 0 saturated carbocycles. The van der Waals surface area contributed by atoms with Crippen LogP contribution in [0, 0.1) is 0 Å². The molecule has 6 heteroatoms. The minimum absolute atomic E-state index is 0.197. The van der Waals surface area contributed by atoms with Crippen molar-refractivity contribution in [3.05, 3.63) is 66.5 Å². The lowest BCUT2D eigenvalue weighted by molar-refractivity contribution is -0.107. The predicted octanol–water partition coefficient (Wildman–Crippen LogP) is 4.55. The van der Waals surface area contributed by atoms with Crippen molar-refractivity contribution in [1.29, 1.82) is 0 Å². The third kappa shape index (κ3) is 3.27. The molecule has 2 aromatic heterocycles. The summed E-state index contributed by atoms with van der Waals surface area (Å²) in [7, 11) is 0. The van der Waals surface area contributed by atoms with Crippen molar-refractivity contribution >= 4 is 39.3 Å². The number of nitrogens with zero attached hydrogens (tertiary/aromatic N) is 2. The Morgan fingerprint density at radius 2 is 1.92 bits per heavy atom. The van der Waals surface area contributed by atoms with Gasteiger partial charge in [-0.15, -0.1) is 11.3 Å². The van der Waals surface area contributed by atoms with Crippen molar-refractivity contribution in [2.24, 2.45) is 0 Å². The Morgan fingerprint density at radius 1 is 1.08 bits per heavy atom. The van der Waals surface area contributed by atoms with E-state index >= 15 is 0 Å². The molecule has 5 nitrogen and oxygen atoms in total. The molecule has 2 heterocycles. The fourth-order valence-electron chi connectivity index (χ4n) is 2.71. The first-order chi connectivity index (χ1) is 12.7. The second-order valence-electron chi connectivity index (χ2n) is 5.79. The zero-order valence-corrected chi connectivity index (χ0v) is 14.5. The highest BCUT2D eigenvalue weighted by atomic mass is 32.1. The average molecular weight is 361 g/mol. The second kappa shape index (κ2) is 6.93. The standard InChI is InChI=1S/C20H15N3O2S/c24-9-8-13-4-6-14(7-5-13)18-11-17-19(26-18)20(22-12-21-17)23-15-2-1-3-16(25)10-15/h1-7,9-12,25H,8H2,(H,21,22,23). The fourth-order valence-corrected chi connectivity index (χ4v) is 3.77. The maximum atomic E-state index is 10.6. The molecule has 0 aliphatic carbocycles. The van der Waals surface area contributed by atoms with Crippen LogP contribution in [0.3, 0.4) is 0 Å². The molecule has 4 rings (SSSR count). The van der Waals surface area contributed by atoms with Crippen molar-refractivity contribution in [2.75, 3.05) is 5.32 Å². The van der Waals surface area contributed by atoms with Crippen LogP contribution in [0.5, 0.6) is 5.75 Å². The number of carbonyl (C=O) groups is 1. The first-order valence-corrected chi connectivity index (χ1v) is 8.88. The van der Waals surface area contributed by atoms with Gasteiger partial charge in [-0.3, -0.25) is 0 Å². The summed E-state index contributed by atoms with van der Waals surface area (Å²) < 4.78 is 0.947. The first kappa shape index (κ1) is 16.2. The van der Waals surface area contributed by atoms with E-state index in [1.54, 1.807) is 29.5 Å². The molecule has 0 atom stereocenters. The van der Waals surface area contributed by atoms with Gasteiger partial charge < -0.3 is 15.2 Å². The van der Waals surface area contributed by atoms with Crippen LogP contribution in [0.15, 0.2) is 60.9 Å². The molecule has 128 valence electrons. The SMILES string of the molecule is O=CCc1ccc(-c2cc3ncnc(Nc4cccc(O)c4)c3s2)cc1. The van der Waals surface area contributed by atoms with Gasteiger partial charge in [0.2, 0.25) is 0 Å². The van der Waals surface area contributed by atoms with Crippen molar-refractivity contribution < 1.29 is 9.90 Å². The molecule has 26 heavy (non-hydrogen) atoms. The molecule has 0 saturated heterocycles. The van der Waals surface area contributed by atoms with Gasteiger partial charge in [0.25, 0.3) is 0 Å². The van der Waals surface area contributed by atoms with Gasteiger partial charge in [0, 0.05) is 23.1 Å². The number of aromatic hydroxyl groups is 1. The molecular formula is C20H15N3O2S. The third-order valence-corrected chi connectivity index (χ3v) is 5.16. The zero-order chi connectivity index (χ0) is 17.9. The van der Waals surface area contributed by atoms with Crippen molar-refractivity contribution in [3.8, 4) is 16.2 Å². The number of thiophene rings is 1. The Hall–Kier alpha value is -3.25. The van der Waals surface area contributed by atoms with E-state index in [0.29, 0.717) is 12.2 Å². The molecule has 0 aliphatic heterocycles. The lowest BCUT2D eigenvalue weighted by Crippen LogP contribution is -1.93. The summed E-state index contributed by atoms with van der Waals surface area (Å²) >= 11 is 1.60. The average Bonchev–Trinajstić information content (AvgIpc) is 3.08. The van der Waals surface area contributed by atoms with Gasteiger partial charge in [-0.2, -0.15) is 0 Å². The monoisotopic (exact) mass is 361 g/mol. The van der Waals surface area contributed by atoms with E-state index < -0.39 is 0 Å². The summed E-state index contributed by atoms with van der Waals surface area (Å²) in [6.45, 7) is 0. The fraction of sp³-hybridized carbons (Fsp3) is 0.0500. The van der Waals surface area contributed by atoms with E-state index in [1.165, 1.54) is 6.33 Å². The van der Waals surface area contributed by atoms with E-state index in [4.69, 9.17) is 0 Å². The van der Waals surface area contributed by atoms with Crippen LogP contribution in [-0.4, -0.2) is 21.4 Å². The van der Waals surface area contributed by atoms with Gasteiger partial charge in [-0.1, -0.05) is 30.3 Å². The molecule has 4 aromatic rings. The quantitative estimate of drug-likeness (QED) is 0.510. The third-order valence-electron chi connectivity index (χ3n) is 3.98. The number of carbonyl (C=O) groups excluding carboxylic acids is 1. The first-order valence-electron chi connectivity index (χ1n) is 8.06. The summed E-state index contributed by atoms with van der Waals surface area (Å²) in [6, 6.07) is 16.9. The van der Waals surface area contributed by atoms with Crippen LogP contribution in [0.2, 0.25) is 0 Å². The molecule has 0 fully saturated rings. The maximum Gasteiger partial charge on any atom is 0.151 e. The van der Waals surface area contributed by atoms with E-state index in [0.717, 1.165) is 38.2 Å². The van der Waals surface area contributed by atoms with Gasteiger partial charge in [-0.25, -0.2) is 9.97 Å². The number of rotatable bonds is 5. The molecule has 0 bridgehead atoms. The minimum atomic E-state index is 0.197. The summed E-state index contributed by atoms with van der Waals surface area (Å²) in [5, 5.41) is 12.9. The topological polar surface area (TPSA) is 75.1 Å². The summed E-state index contributed by atoms with van der Waals surface area (Å²) in [6.07, 6.45) is 2.86. The maximum absolute atomic E-state index is 10.6. The number of anilines is 2. The highest BCUT2D eigenvalue weighted by Gasteiger charge is 2.11. The van der Waals surface area contributed by atoms with E-state index in [9.17, 15) is 9.90 Å². The highest BCUT2D eigenvalue weighted by Crippen LogP contribution is 2.36. The minimum Gasteiger partial charge on any atom is -0.508 e. The zero-order valence-electron chi connectivity index (χ0n) is 13.7. The molecule has 0 amide bonds. The van der Waals surface area contributed by atoms with Crippen molar-refractivity contribution in [2.45, 2.75) is 6.42 Å². The van der Waals surface area contributed by atoms with E-state index in [1.807, 2.05) is 36.4 Å². The Morgan fingerprint density at radius 3 is 2.69 bits per heavy atom. The second-order valence-corrected chi connectivity index (χ2v) is 6.84. The number of aldehydes is 1. The highest BCUT2D eigenvalue weighted by molar-refractivity contribution is 7.22. The van der Waals surface area contributed by atoms with Gasteiger partial charge in [0.15, 0.2) is 5.82 Å². The number of nitrogens with one attached hydrogen (secondary N) is 1. The number of phenols is 1. The molecule has 0 radical (unpaired) electrons. The van der Waals surface area contributed by atoms with Crippen LogP contribution in [0.4, 0.5) is 11.5 Å². The van der Waals surface area contributed by atoms with Crippen LogP contribution in [0.1, 0.15) is 5.56 Å². The Bertz CT molecular complexity index is 1070. The largest absolute Gasteiger partial charge is 0.508 e. The Kier molecular flexibility index (Phi) is 4.33. The number of hydrogen-bond donors (Lipinski definition) is 2. The molecule has 0 unspecified atom stereocenters. The van der Waals surface area contributed by atoms with Crippen LogP contribution in [0.25, 0.3) is 20.7 Å². The van der Waals surface area contributed by atoms with E-state index in [2.05, 4.69) is 15.3 Å². The van der Waals surface area contributed by atoms with Crippen LogP contribution < -0.4 is 5.32 Å².